The van der Waals surface area contributed by atoms with Gasteiger partial charge in [-0.15, -0.1) is 0 Å². The number of hydrogen-bond acceptors (Lipinski definition) is 4. The highest BCUT2D eigenvalue weighted by Crippen LogP contribution is 2.25. The van der Waals surface area contributed by atoms with Crippen LogP contribution in [-0.4, -0.2) is 39.0 Å². The Hall–Kier alpha value is -3.17. The van der Waals surface area contributed by atoms with Gasteiger partial charge in [0.2, 0.25) is 0 Å². The van der Waals surface area contributed by atoms with Crippen molar-refractivity contribution < 1.29 is 9.90 Å². The zero-order valence-electron chi connectivity index (χ0n) is 14.9. The molecule has 6 heteroatoms. The molecule has 3 aromatic rings. The second kappa shape index (κ2) is 7.22. The van der Waals surface area contributed by atoms with E-state index in [0.29, 0.717) is 24.5 Å². The van der Waals surface area contributed by atoms with Gasteiger partial charge in [-0.2, -0.15) is 5.26 Å². The van der Waals surface area contributed by atoms with Crippen LogP contribution in [0.5, 0.6) is 0 Å². The summed E-state index contributed by atoms with van der Waals surface area (Å²) in [6, 6.07) is 15.7. The number of piperidine rings is 1. The van der Waals surface area contributed by atoms with Crippen LogP contribution in [0.2, 0.25) is 0 Å². The number of aliphatic hydroxyl groups is 1. The van der Waals surface area contributed by atoms with Crippen molar-refractivity contribution in [2.45, 2.75) is 19.4 Å². The molecule has 4 rings (SSSR count). The lowest BCUT2D eigenvalue weighted by molar-refractivity contribution is 0.0699. The van der Waals surface area contributed by atoms with Gasteiger partial charge in [0.1, 0.15) is 12.4 Å². The summed E-state index contributed by atoms with van der Waals surface area (Å²) in [5.74, 6) is 0.463. The highest BCUT2D eigenvalue weighted by molar-refractivity contribution is 5.95. The average Bonchev–Trinajstić information content (AvgIpc) is 3.16. The van der Waals surface area contributed by atoms with Crippen molar-refractivity contribution >= 4 is 16.9 Å². The van der Waals surface area contributed by atoms with E-state index in [2.05, 4.69) is 16.0 Å². The molecule has 2 aromatic carbocycles. The maximum Gasteiger partial charge on any atom is 0.253 e. The molecule has 1 aliphatic heterocycles. The van der Waals surface area contributed by atoms with Gasteiger partial charge >= 0.3 is 0 Å². The number of amides is 1. The first-order valence-corrected chi connectivity index (χ1v) is 9.07. The quantitative estimate of drug-likeness (QED) is 0.750. The summed E-state index contributed by atoms with van der Waals surface area (Å²) in [5, 5.41) is 18.3. The number of likely N-dealkylation sites (tertiary alicyclic amines) is 1. The molecule has 27 heavy (non-hydrogen) atoms. The molecule has 2 heterocycles. The van der Waals surface area contributed by atoms with Gasteiger partial charge in [-0.05, 0) is 48.2 Å². The van der Waals surface area contributed by atoms with Crippen LogP contribution < -0.4 is 0 Å². The summed E-state index contributed by atoms with van der Waals surface area (Å²) in [6.07, 6.45) is 1.75. The molecule has 1 atom stereocenters. The smallest absolute Gasteiger partial charge is 0.253 e. The second-order valence-corrected chi connectivity index (χ2v) is 6.87. The van der Waals surface area contributed by atoms with Crippen LogP contribution in [0.1, 0.15) is 29.0 Å². The Labute approximate surface area is 157 Å². The molecule has 0 radical (unpaired) electrons. The van der Waals surface area contributed by atoms with Gasteiger partial charge in [-0.3, -0.25) is 4.79 Å². The van der Waals surface area contributed by atoms with Crippen molar-refractivity contribution in [2.24, 2.45) is 5.92 Å². The molecule has 1 aromatic heterocycles. The first-order chi connectivity index (χ1) is 13.2. The standard InChI is InChI=1S/C21H20N4O2/c22-11-14-2-1-9-25(12-14)21(27)16-5-3-15(4-6-16)17-7-8-18-19(10-17)24-20(13-26)23-18/h3-8,10,14,26H,1-2,9,12-13H2,(H,23,24). The van der Waals surface area contributed by atoms with Crippen molar-refractivity contribution in [2.75, 3.05) is 13.1 Å². The second-order valence-electron chi connectivity index (χ2n) is 6.87. The van der Waals surface area contributed by atoms with Crippen molar-refractivity contribution in [3.8, 4) is 17.2 Å². The van der Waals surface area contributed by atoms with Crippen LogP contribution in [0.3, 0.4) is 0 Å². The van der Waals surface area contributed by atoms with Crippen molar-refractivity contribution in [3.63, 3.8) is 0 Å². The Kier molecular flexibility index (Phi) is 4.61. The molecule has 1 amide bonds. The van der Waals surface area contributed by atoms with Crippen LogP contribution in [0.25, 0.3) is 22.2 Å². The van der Waals surface area contributed by atoms with E-state index < -0.39 is 0 Å². The minimum Gasteiger partial charge on any atom is -0.388 e. The summed E-state index contributed by atoms with van der Waals surface area (Å²) in [4.78, 5) is 21.9. The molecule has 0 spiro atoms. The van der Waals surface area contributed by atoms with Gasteiger partial charge in [0.25, 0.3) is 5.91 Å². The molecule has 0 bridgehead atoms. The zero-order chi connectivity index (χ0) is 18.8. The molecule has 1 aliphatic rings. The molecule has 1 saturated heterocycles. The summed E-state index contributed by atoms with van der Waals surface area (Å²) >= 11 is 0. The maximum atomic E-state index is 12.7. The number of nitrogens with zero attached hydrogens (tertiary/aromatic N) is 3. The predicted octanol–water partition coefficient (Wildman–Crippen LogP) is 3.10. The SMILES string of the molecule is N#CC1CCCN(C(=O)c2ccc(-c3ccc4nc(CO)[nH]c4c3)cc2)C1. The number of imidazole rings is 1. The fourth-order valence-corrected chi connectivity index (χ4v) is 3.57. The highest BCUT2D eigenvalue weighted by atomic mass is 16.3. The Balaban J connectivity index is 1.55. The van der Waals surface area contributed by atoms with E-state index in [0.717, 1.165) is 35.0 Å². The molecule has 136 valence electrons. The van der Waals surface area contributed by atoms with E-state index in [1.54, 1.807) is 4.90 Å². The van der Waals surface area contributed by atoms with Gasteiger partial charge in [0.05, 0.1) is 23.0 Å². The third-order valence-corrected chi connectivity index (χ3v) is 5.04. The Morgan fingerprint density at radius 1 is 1.26 bits per heavy atom. The Morgan fingerprint density at radius 3 is 2.78 bits per heavy atom. The number of carbonyl (C=O) groups is 1. The lowest BCUT2D eigenvalue weighted by atomic mass is 9.98. The van der Waals surface area contributed by atoms with Crippen LogP contribution in [-0.2, 0) is 6.61 Å². The summed E-state index contributed by atoms with van der Waals surface area (Å²) in [6.45, 7) is 1.10. The zero-order valence-corrected chi connectivity index (χ0v) is 14.9. The van der Waals surface area contributed by atoms with Gasteiger partial charge in [0, 0.05) is 18.7 Å². The van der Waals surface area contributed by atoms with E-state index in [1.165, 1.54) is 0 Å². The molecule has 6 nitrogen and oxygen atoms in total. The lowest BCUT2D eigenvalue weighted by Crippen LogP contribution is -2.39. The average molecular weight is 360 g/mol. The van der Waals surface area contributed by atoms with Crippen molar-refractivity contribution in [1.29, 1.82) is 5.26 Å². The Morgan fingerprint density at radius 2 is 2.04 bits per heavy atom. The number of benzene rings is 2. The predicted molar refractivity (Wildman–Crippen MR) is 102 cm³/mol. The number of aromatic amines is 1. The maximum absolute atomic E-state index is 12.7. The van der Waals surface area contributed by atoms with Crippen molar-refractivity contribution in [3.05, 3.63) is 53.9 Å². The largest absolute Gasteiger partial charge is 0.388 e. The summed E-state index contributed by atoms with van der Waals surface area (Å²) in [5.41, 5.74) is 4.33. The number of fused-ring (bicyclic) bond motifs is 1. The molecule has 1 fully saturated rings. The third-order valence-electron chi connectivity index (χ3n) is 5.04. The molecular weight excluding hydrogens is 340 g/mol. The molecular formula is C21H20N4O2. The minimum atomic E-state index is -0.121. The van der Waals surface area contributed by atoms with Crippen LogP contribution >= 0.6 is 0 Å². The van der Waals surface area contributed by atoms with E-state index >= 15 is 0 Å². The number of nitriles is 1. The Bertz CT molecular complexity index is 1020. The number of hydrogen-bond donors (Lipinski definition) is 2. The summed E-state index contributed by atoms with van der Waals surface area (Å²) < 4.78 is 0. The van der Waals surface area contributed by atoms with Crippen LogP contribution in [0.15, 0.2) is 42.5 Å². The first-order valence-electron chi connectivity index (χ1n) is 9.07. The lowest BCUT2D eigenvalue weighted by Gasteiger charge is -2.29. The fraction of sp³-hybridized carbons (Fsp3) is 0.286. The summed E-state index contributed by atoms with van der Waals surface area (Å²) in [7, 11) is 0. The van der Waals surface area contributed by atoms with Crippen LogP contribution in [0, 0.1) is 17.2 Å². The normalized spacial score (nSPS) is 17.0. The number of rotatable bonds is 3. The minimum absolute atomic E-state index is 0.0156. The number of aromatic nitrogens is 2. The van der Waals surface area contributed by atoms with E-state index in [-0.39, 0.29) is 18.4 Å². The monoisotopic (exact) mass is 360 g/mol. The van der Waals surface area contributed by atoms with Gasteiger partial charge in [-0.1, -0.05) is 18.2 Å². The molecule has 0 saturated carbocycles. The third kappa shape index (κ3) is 3.42. The van der Waals surface area contributed by atoms with E-state index in [4.69, 9.17) is 5.26 Å². The first kappa shape index (κ1) is 17.3. The molecule has 0 aliphatic carbocycles. The van der Waals surface area contributed by atoms with Crippen molar-refractivity contribution in [1.82, 2.24) is 14.9 Å². The van der Waals surface area contributed by atoms with Crippen LogP contribution in [0.4, 0.5) is 0 Å². The van der Waals surface area contributed by atoms with E-state index in [1.807, 2.05) is 42.5 Å². The highest BCUT2D eigenvalue weighted by Gasteiger charge is 2.24. The van der Waals surface area contributed by atoms with Gasteiger partial charge < -0.3 is 15.0 Å². The van der Waals surface area contributed by atoms with Gasteiger partial charge in [-0.25, -0.2) is 4.98 Å². The number of carbonyl (C=O) groups excluding carboxylic acids is 1. The number of nitrogens with one attached hydrogen (secondary N) is 1. The van der Waals surface area contributed by atoms with Gasteiger partial charge in [0.15, 0.2) is 0 Å². The topological polar surface area (TPSA) is 93.0 Å². The van der Waals surface area contributed by atoms with E-state index in [9.17, 15) is 9.90 Å². The fourth-order valence-electron chi connectivity index (χ4n) is 3.57. The molecule has 1 unspecified atom stereocenters. The molecule has 2 N–H and O–H groups in total. The number of H-pyrrole nitrogens is 1. The number of aliphatic hydroxyl groups excluding tert-OH is 1.